The molecule has 3 aromatic rings. The summed E-state index contributed by atoms with van der Waals surface area (Å²) in [4.78, 5) is 20.4. The summed E-state index contributed by atoms with van der Waals surface area (Å²) in [5.74, 6) is 0.967. The van der Waals surface area contributed by atoms with Crippen LogP contribution in [-0.2, 0) is 14.3 Å². The first-order chi connectivity index (χ1) is 14.1. The summed E-state index contributed by atoms with van der Waals surface area (Å²) in [5, 5.41) is 0. The number of esters is 1. The highest BCUT2D eigenvalue weighted by Gasteiger charge is 2.18. The lowest BCUT2D eigenvalue weighted by Gasteiger charge is -2.13. The van der Waals surface area contributed by atoms with E-state index >= 15 is 0 Å². The number of rotatable bonds is 7. The number of methoxy groups -OCH3 is 2. The highest BCUT2D eigenvalue weighted by atomic mass is 16.5. The number of hydrogen-bond donors (Lipinski definition) is 0. The molecule has 0 N–H and O–H groups in total. The number of carbonyl (C=O) groups excluding carboxylic acids is 1. The van der Waals surface area contributed by atoms with Crippen molar-refractivity contribution < 1.29 is 23.7 Å². The highest BCUT2D eigenvalue weighted by Crippen LogP contribution is 2.32. The number of nitrogens with zero attached hydrogens (tertiary/aromatic N) is 2. The number of benzene rings is 2. The van der Waals surface area contributed by atoms with Gasteiger partial charge in [-0.2, -0.15) is 0 Å². The van der Waals surface area contributed by atoms with Gasteiger partial charge in [0.05, 0.1) is 20.5 Å². The van der Waals surface area contributed by atoms with Gasteiger partial charge in [0, 0.05) is 24.0 Å². The van der Waals surface area contributed by atoms with Gasteiger partial charge < -0.3 is 18.9 Å². The average molecular weight is 392 g/mol. The van der Waals surface area contributed by atoms with Gasteiger partial charge in [-0.05, 0) is 30.7 Å². The minimum absolute atomic E-state index is 0.240. The van der Waals surface area contributed by atoms with E-state index in [0.29, 0.717) is 22.8 Å². The van der Waals surface area contributed by atoms with Gasteiger partial charge in [0.1, 0.15) is 22.8 Å². The lowest BCUT2D eigenvalue weighted by Crippen LogP contribution is -2.05. The molecule has 0 saturated heterocycles. The van der Waals surface area contributed by atoms with Crippen LogP contribution in [0, 0.1) is 6.92 Å². The van der Waals surface area contributed by atoms with Crippen molar-refractivity contribution in [1.29, 1.82) is 0 Å². The van der Waals surface area contributed by atoms with Gasteiger partial charge in [0.15, 0.2) is 0 Å². The van der Waals surface area contributed by atoms with Crippen molar-refractivity contribution in [1.82, 2.24) is 9.97 Å². The zero-order chi connectivity index (χ0) is 20.6. The van der Waals surface area contributed by atoms with Crippen molar-refractivity contribution in [2.75, 3.05) is 14.2 Å². The summed E-state index contributed by atoms with van der Waals surface area (Å²) >= 11 is 0. The molecule has 0 amide bonds. The molecule has 0 fully saturated rings. The molecule has 0 aliphatic carbocycles. The summed E-state index contributed by atoms with van der Waals surface area (Å²) in [7, 11) is 2.77. The van der Waals surface area contributed by atoms with Crippen LogP contribution in [-0.4, -0.2) is 30.2 Å². The topological polar surface area (TPSA) is 79.8 Å². The number of carbonyl (C=O) groups is 1. The van der Waals surface area contributed by atoms with Crippen LogP contribution in [0.5, 0.6) is 23.3 Å². The molecule has 0 bridgehead atoms. The Kier molecular flexibility index (Phi) is 6.42. The predicted molar refractivity (Wildman–Crippen MR) is 107 cm³/mol. The molecule has 0 aliphatic rings. The number of aryl methyl sites for hydroxylation is 1. The Morgan fingerprint density at radius 2 is 1.62 bits per heavy atom. The van der Waals surface area contributed by atoms with Crippen LogP contribution < -0.4 is 9.47 Å². The van der Waals surface area contributed by atoms with Crippen molar-refractivity contribution in [2.24, 2.45) is 0 Å². The molecule has 7 nitrogen and oxygen atoms in total. The normalized spacial score (nSPS) is 10.9. The van der Waals surface area contributed by atoms with E-state index in [4.69, 9.17) is 18.9 Å². The summed E-state index contributed by atoms with van der Waals surface area (Å²) in [5.41, 5.74) is 1.72. The maximum Gasteiger partial charge on any atom is 0.341 e. The van der Waals surface area contributed by atoms with E-state index in [1.807, 2.05) is 6.92 Å². The smallest absolute Gasteiger partial charge is 0.341 e. The molecular formula is C22H20N2O5. The Labute approximate surface area is 168 Å². The van der Waals surface area contributed by atoms with E-state index in [0.717, 1.165) is 5.56 Å². The van der Waals surface area contributed by atoms with E-state index in [9.17, 15) is 4.79 Å². The minimum Gasteiger partial charge on any atom is -0.503 e. The van der Waals surface area contributed by atoms with Crippen LogP contribution >= 0.6 is 0 Å². The maximum atomic E-state index is 12.1. The Bertz CT molecular complexity index is 1020. The number of aromatic nitrogens is 2. The Morgan fingerprint density at radius 1 is 0.931 bits per heavy atom. The fraction of sp³-hybridized carbons (Fsp3) is 0.136. The molecule has 1 heterocycles. The van der Waals surface area contributed by atoms with E-state index in [1.165, 1.54) is 20.5 Å². The fourth-order valence-corrected chi connectivity index (χ4v) is 2.49. The number of ether oxygens (including phenoxy) is 4. The van der Waals surface area contributed by atoms with Crippen LogP contribution in [0.3, 0.4) is 0 Å². The molecule has 0 unspecified atom stereocenters. The fourth-order valence-electron chi connectivity index (χ4n) is 2.49. The van der Waals surface area contributed by atoms with Gasteiger partial charge in [-0.1, -0.05) is 24.3 Å². The van der Waals surface area contributed by atoms with Gasteiger partial charge in [0.2, 0.25) is 0 Å². The standard InChI is InChI=1S/C22H20N2O5/c1-15-12-23-22(24-13-15)29-17-8-6-7-16(11-17)28-20-10-5-4-9-18(20)19(14-26-2)21(25)27-3/h4-14H,1-3H3/b19-14+. The van der Waals surface area contributed by atoms with Crippen LogP contribution in [0.1, 0.15) is 11.1 Å². The van der Waals surface area contributed by atoms with Gasteiger partial charge in [-0.15, -0.1) is 0 Å². The third kappa shape index (κ3) is 5.10. The van der Waals surface area contributed by atoms with E-state index < -0.39 is 5.97 Å². The van der Waals surface area contributed by atoms with Gasteiger partial charge in [-0.25, -0.2) is 14.8 Å². The first kappa shape index (κ1) is 19.9. The van der Waals surface area contributed by atoms with Crippen molar-refractivity contribution >= 4 is 11.5 Å². The zero-order valence-corrected chi connectivity index (χ0v) is 16.3. The monoisotopic (exact) mass is 392 g/mol. The van der Waals surface area contributed by atoms with Crippen molar-refractivity contribution in [3.05, 3.63) is 78.3 Å². The molecule has 3 rings (SSSR count). The molecule has 7 heteroatoms. The molecule has 0 atom stereocenters. The maximum absolute atomic E-state index is 12.1. The first-order valence-electron chi connectivity index (χ1n) is 8.76. The Balaban J connectivity index is 1.86. The molecule has 148 valence electrons. The molecule has 29 heavy (non-hydrogen) atoms. The summed E-state index contributed by atoms with van der Waals surface area (Å²) in [6.07, 6.45) is 4.67. The Morgan fingerprint density at radius 3 is 2.31 bits per heavy atom. The molecule has 0 saturated carbocycles. The minimum atomic E-state index is -0.531. The molecule has 0 spiro atoms. The summed E-state index contributed by atoms with van der Waals surface area (Å²) in [6, 6.07) is 14.4. The van der Waals surface area contributed by atoms with Gasteiger partial charge in [0.25, 0.3) is 0 Å². The molecule has 2 aromatic carbocycles. The van der Waals surface area contributed by atoms with Crippen molar-refractivity contribution in [3.63, 3.8) is 0 Å². The predicted octanol–water partition coefficient (Wildman–Crippen LogP) is 4.53. The van der Waals surface area contributed by atoms with Crippen LogP contribution in [0.15, 0.2) is 67.2 Å². The highest BCUT2D eigenvalue weighted by molar-refractivity contribution is 6.17. The van der Waals surface area contributed by atoms with E-state index in [1.54, 1.807) is 60.9 Å². The SMILES string of the molecule is CO/C=C(/C(=O)OC)c1ccccc1Oc1cccc(Oc2ncc(C)cn2)c1. The van der Waals surface area contributed by atoms with Crippen molar-refractivity contribution in [2.45, 2.75) is 6.92 Å². The molecule has 0 radical (unpaired) electrons. The Hall–Kier alpha value is -3.87. The van der Waals surface area contributed by atoms with Crippen LogP contribution in [0.2, 0.25) is 0 Å². The molecule has 0 aliphatic heterocycles. The lowest BCUT2D eigenvalue weighted by atomic mass is 10.1. The summed E-state index contributed by atoms with van der Waals surface area (Å²) in [6.45, 7) is 1.90. The van der Waals surface area contributed by atoms with E-state index in [2.05, 4.69) is 9.97 Å². The second-order valence-electron chi connectivity index (χ2n) is 5.98. The quantitative estimate of drug-likeness (QED) is 0.332. The van der Waals surface area contributed by atoms with Crippen molar-refractivity contribution in [3.8, 4) is 23.3 Å². The van der Waals surface area contributed by atoms with Gasteiger partial charge >= 0.3 is 12.0 Å². The first-order valence-corrected chi connectivity index (χ1v) is 8.76. The summed E-state index contributed by atoms with van der Waals surface area (Å²) < 4.78 is 21.5. The number of para-hydroxylation sites is 1. The third-order valence-corrected chi connectivity index (χ3v) is 3.82. The van der Waals surface area contributed by atoms with E-state index in [-0.39, 0.29) is 11.6 Å². The molecular weight excluding hydrogens is 372 g/mol. The second-order valence-corrected chi connectivity index (χ2v) is 5.98. The third-order valence-electron chi connectivity index (χ3n) is 3.82. The second kappa shape index (κ2) is 9.36. The molecule has 1 aromatic heterocycles. The largest absolute Gasteiger partial charge is 0.503 e. The van der Waals surface area contributed by atoms with Crippen LogP contribution in [0.4, 0.5) is 0 Å². The zero-order valence-electron chi connectivity index (χ0n) is 16.3. The lowest BCUT2D eigenvalue weighted by molar-refractivity contribution is -0.133. The number of hydrogen-bond acceptors (Lipinski definition) is 7. The van der Waals surface area contributed by atoms with Crippen LogP contribution in [0.25, 0.3) is 5.57 Å². The van der Waals surface area contributed by atoms with Gasteiger partial charge in [-0.3, -0.25) is 0 Å². The average Bonchev–Trinajstić information content (AvgIpc) is 2.74.